The molecule has 2 aliphatic rings. The summed E-state index contributed by atoms with van der Waals surface area (Å²) in [7, 11) is 0. The van der Waals surface area contributed by atoms with Gasteiger partial charge in [0.15, 0.2) is 0 Å². The Bertz CT molecular complexity index is 1400. The number of aromatic nitrogens is 5. The van der Waals surface area contributed by atoms with E-state index in [1.54, 1.807) is 27.4 Å². The summed E-state index contributed by atoms with van der Waals surface area (Å²) in [5.41, 5.74) is 2.13. The van der Waals surface area contributed by atoms with E-state index >= 15 is 0 Å². The Morgan fingerprint density at radius 1 is 1.15 bits per heavy atom. The normalized spacial score (nSPS) is 20.1. The van der Waals surface area contributed by atoms with Gasteiger partial charge in [-0.3, -0.25) is 9.20 Å². The minimum atomic E-state index is -0.237. The van der Waals surface area contributed by atoms with Gasteiger partial charge in [0.2, 0.25) is 5.82 Å². The van der Waals surface area contributed by atoms with Crippen molar-refractivity contribution in [3.8, 4) is 11.5 Å². The number of piperidine rings is 1. The third-order valence-corrected chi connectivity index (χ3v) is 6.99. The number of aliphatic hydroxyl groups excluding tert-OH is 1. The highest BCUT2D eigenvalue weighted by Crippen LogP contribution is 2.30. The maximum absolute atomic E-state index is 13.8. The highest BCUT2D eigenvalue weighted by Gasteiger charge is 2.27. The molecule has 0 bridgehead atoms. The van der Waals surface area contributed by atoms with Crippen molar-refractivity contribution in [2.75, 3.05) is 26.2 Å². The van der Waals surface area contributed by atoms with Crippen molar-refractivity contribution in [1.29, 1.82) is 0 Å². The fraction of sp³-hybridized carbons (Fsp3) is 0.478. The van der Waals surface area contributed by atoms with E-state index in [1.807, 2.05) is 6.07 Å². The minimum Gasteiger partial charge on any atom is -0.393 e. The molecule has 2 fully saturated rings. The van der Waals surface area contributed by atoms with Gasteiger partial charge in [-0.25, -0.2) is 4.98 Å². The molecule has 0 radical (unpaired) electrons. The zero-order chi connectivity index (χ0) is 23.2. The van der Waals surface area contributed by atoms with Gasteiger partial charge in [-0.1, -0.05) is 16.8 Å². The lowest BCUT2D eigenvalue weighted by molar-refractivity contribution is 0.0810. The molecule has 5 heterocycles. The first-order chi connectivity index (χ1) is 16.6. The van der Waals surface area contributed by atoms with Crippen LogP contribution in [-0.4, -0.2) is 66.4 Å². The van der Waals surface area contributed by atoms with Crippen LogP contribution in [0.4, 0.5) is 0 Å². The van der Waals surface area contributed by atoms with Gasteiger partial charge >= 0.3 is 0 Å². The first-order valence-electron chi connectivity index (χ1n) is 11.6. The molecule has 6 rings (SSSR count). The summed E-state index contributed by atoms with van der Waals surface area (Å²) in [6.45, 7) is 3.47. The predicted octanol–water partition coefficient (Wildman–Crippen LogP) is 2.66. The predicted molar refractivity (Wildman–Crippen MR) is 125 cm³/mol. The second-order valence-electron chi connectivity index (χ2n) is 8.93. The Balaban J connectivity index is 1.43. The Kier molecular flexibility index (Phi) is 5.60. The number of halogens is 1. The number of hydrogen-bond donors (Lipinski definition) is 1. The van der Waals surface area contributed by atoms with Gasteiger partial charge < -0.3 is 23.8 Å². The molecule has 178 valence electrons. The van der Waals surface area contributed by atoms with E-state index in [1.165, 1.54) is 0 Å². The van der Waals surface area contributed by atoms with Crippen LogP contribution in [0.3, 0.4) is 0 Å². The maximum atomic E-state index is 13.8. The smallest absolute Gasteiger partial charge is 0.277 e. The number of ether oxygens (including phenoxy) is 1. The molecule has 2 saturated heterocycles. The molecule has 1 atom stereocenters. The molecule has 34 heavy (non-hydrogen) atoms. The fourth-order valence-corrected chi connectivity index (χ4v) is 5.06. The minimum absolute atomic E-state index is 0.192. The first kappa shape index (κ1) is 21.7. The van der Waals surface area contributed by atoms with Crippen LogP contribution in [0, 0.1) is 0 Å². The van der Waals surface area contributed by atoms with Gasteiger partial charge in [-0.2, -0.15) is 4.98 Å². The number of hydrogen-bond acceptors (Lipinski definition) is 8. The average molecular weight is 485 g/mol. The lowest BCUT2D eigenvalue weighted by Gasteiger charge is -2.29. The Morgan fingerprint density at radius 2 is 2.00 bits per heavy atom. The number of imidazole rings is 1. The summed E-state index contributed by atoms with van der Waals surface area (Å²) in [6, 6.07) is 5.49. The summed E-state index contributed by atoms with van der Waals surface area (Å²) in [5.74, 6) is 0.684. The van der Waals surface area contributed by atoms with E-state index in [0.29, 0.717) is 41.8 Å². The van der Waals surface area contributed by atoms with Gasteiger partial charge in [0, 0.05) is 37.8 Å². The monoisotopic (exact) mass is 484 g/mol. The Hall–Kier alpha value is -2.79. The van der Waals surface area contributed by atoms with Gasteiger partial charge in [-0.05, 0) is 43.9 Å². The molecule has 4 aromatic rings. The van der Waals surface area contributed by atoms with E-state index in [0.717, 1.165) is 49.8 Å². The van der Waals surface area contributed by atoms with Crippen LogP contribution in [-0.2, 0) is 11.3 Å². The lowest BCUT2D eigenvalue weighted by atomic mass is 10.1. The molecule has 1 N–H and O–H groups in total. The summed E-state index contributed by atoms with van der Waals surface area (Å²) in [4.78, 5) is 25.0. The van der Waals surface area contributed by atoms with E-state index in [4.69, 9.17) is 20.9 Å². The second-order valence-corrected chi connectivity index (χ2v) is 9.37. The summed E-state index contributed by atoms with van der Waals surface area (Å²) >= 11 is 6.30. The molecule has 11 heteroatoms. The van der Waals surface area contributed by atoms with Crippen molar-refractivity contribution in [2.24, 2.45) is 0 Å². The number of rotatable bonds is 5. The van der Waals surface area contributed by atoms with Crippen LogP contribution >= 0.6 is 11.6 Å². The van der Waals surface area contributed by atoms with E-state index in [9.17, 15) is 9.90 Å². The molecule has 0 saturated carbocycles. The van der Waals surface area contributed by atoms with Crippen molar-refractivity contribution >= 4 is 28.2 Å². The second kappa shape index (κ2) is 8.77. The van der Waals surface area contributed by atoms with Crippen LogP contribution in [0.15, 0.2) is 33.8 Å². The first-order valence-corrected chi connectivity index (χ1v) is 12.0. The molecule has 0 spiro atoms. The van der Waals surface area contributed by atoms with Crippen LogP contribution < -0.4 is 5.56 Å². The average Bonchev–Trinajstić information content (AvgIpc) is 3.59. The Labute approximate surface area is 199 Å². The molecule has 1 aromatic carbocycles. The number of likely N-dealkylation sites (tertiary alicyclic amines) is 1. The van der Waals surface area contributed by atoms with Gasteiger partial charge in [0.1, 0.15) is 23.6 Å². The maximum Gasteiger partial charge on any atom is 0.277 e. The summed E-state index contributed by atoms with van der Waals surface area (Å²) in [6.07, 6.45) is 4.44. The highest BCUT2D eigenvalue weighted by molar-refractivity contribution is 6.31. The molecule has 10 nitrogen and oxygen atoms in total. The topological polar surface area (TPSA) is 111 Å². The summed E-state index contributed by atoms with van der Waals surface area (Å²) in [5, 5.41) is 14.5. The molecule has 3 aromatic heterocycles. The quantitative estimate of drug-likeness (QED) is 0.460. The van der Waals surface area contributed by atoms with Crippen LogP contribution in [0.1, 0.15) is 37.7 Å². The zero-order valence-corrected chi connectivity index (χ0v) is 19.3. The zero-order valence-electron chi connectivity index (χ0n) is 18.6. The van der Waals surface area contributed by atoms with E-state index in [2.05, 4.69) is 20.0 Å². The highest BCUT2D eigenvalue weighted by atomic mass is 35.5. The standard InChI is InChI=1S/C23H25ClN6O4/c24-14-3-4-16-17(12-14)29(10-9-28-7-5-15(31)6-8-28)23(32)20-19(25-13-30(16)20)21-26-22(34-27-21)18-2-1-11-33-18/h3-4,12-13,15,18,31H,1-2,5-11H2. The Morgan fingerprint density at radius 3 is 2.79 bits per heavy atom. The molecular formula is C23H25ClN6O4. The number of aliphatic hydroxyl groups is 1. The van der Waals surface area contributed by atoms with Gasteiger partial charge in [-0.15, -0.1) is 0 Å². The lowest BCUT2D eigenvalue weighted by Crippen LogP contribution is -2.39. The largest absolute Gasteiger partial charge is 0.393 e. The number of nitrogens with zero attached hydrogens (tertiary/aromatic N) is 6. The molecule has 1 unspecified atom stereocenters. The van der Waals surface area contributed by atoms with Crippen LogP contribution in [0.2, 0.25) is 5.02 Å². The molecule has 0 amide bonds. The number of fused-ring (bicyclic) bond motifs is 3. The number of benzene rings is 1. The molecule has 2 aliphatic heterocycles. The van der Waals surface area contributed by atoms with E-state index < -0.39 is 0 Å². The van der Waals surface area contributed by atoms with Gasteiger partial charge in [0.05, 0.1) is 17.1 Å². The van der Waals surface area contributed by atoms with Crippen LogP contribution in [0.25, 0.3) is 28.1 Å². The fourth-order valence-electron chi connectivity index (χ4n) is 4.89. The van der Waals surface area contributed by atoms with Crippen molar-refractivity contribution in [3.63, 3.8) is 0 Å². The summed E-state index contributed by atoms with van der Waals surface area (Å²) < 4.78 is 14.6. The SMILES string of the molecule is O=c1c2c(-c3noc(C4CCCO4)n3)ncn2c2ccc(Cl)cc2n1CCN1CCC(O)CC1. The molecular weight excluding hydrogens is 460 g/mol. The van der Waals surface area contributed by atoms with Crippen molar-refractivity contribution in [1.82, 2.24) is 29.0 Å². The molecule has 0 aliphatic carbocycles. The third-order valence-electron chi connectivity index (χ3n) is 6.76. The van der Waals surface area contributed by atoms with Crippen molar-refractivity contribution < 1.29 is 14.4 Å². The van der Waals surface area contributed by atoms with Crippen LogP contribution in [0.5, 0.6) is 0 Å². The van der Waals surface area contributed by atoms with Gasteiger partial charge in [0.25, 0.3) is 11.4 Å². The van der Waals surface area contributed by atoms with E-state index in [-0.39, 0.29) is 23.6 Å². The van der Waals surface area contributed by atoms with Crippen molar-refractivity contribution in [2.45, 2.75) is 44.4 Å². The van der Waals surface area contributed by atoms with Crippen molar-refractivity contribution in [3.05, 3.63) is 45.8 Å². The third kappa shape index (κ3) is 3.80.